The van der Waals surface area contributed by atoms with E-state index in [1.165, 1.54) is 0 Å². The highest BCUT2D eigenvalue weighted by Crippen LogP contribution is 2.08. The van der Waals surface area contributed by atoms with E-state index in [9.17, 15) is 8.42 Å². The fourth-order valence-corrected chi connectivity index (χ4v) is 1.39. The third-order valence-corrected chi connectivity index (χ3v) is 2.46. The smallest absolute Gasteiger partial charge is 0.184 e. The molecule has 0 spiro atoms. The molecule has 0 unspecified atom stereocenters. The highest BCUT2D eigenvalue weighted by atomic mass is 35.5. The van der Waals surface area contributed by atoms with Gasteiger partial charge in [-0.15, -0.1) is 11.6 Å². The first-order valence-corrected chi connectivity index (χ1v) is 4.73. The molecular formula is C7H7ClO2S. The van der Waals surface area contributed by atoms with Crippen LogP contribution in [0.25, 0.3) is 0 Å². The summed E-state index contributed by atoms with van der Waals surface area (Å²) in [5.74, 6) is 0.440. The zero-order valence-corrected chi connectivity index (χ0v) is 7.32. The summed E-state index contributed by atoms with van der Waals surface area (Å²) >= 11 is 5.52. The molecule has 0 bridgehead atoms. The van der Waals surface area contributed by atoms with E-state index >= 15 is 0 Å². The van der Waals surface area contributed by atoms with Crippen molar-refractivity contribution >= 4 is 26.8 Å². The summed E-state index contributed by atoms with van der Waals surface area (Å²) in [5, 5.41) is 0. The van der Waals surface area contributed by atoms with Crippen molar-refractivity contribution in [1.82, 2.24) is 0 Å². The molecule has 0 heterocycles. The van der Waals surface area contributed by atoms with Crippen molar-refractivity contribution in [2.75, 3.05) is 5.88 Å². The van der Waals surface area contributed by atoms with Gasteiger partial charge in [-0.05, 0) is 11.6 Å². The van der Waals surface area contributed by atoms with E-state index in [2.05, 4.69) is 0 Å². The molecule has 1 aliphatic carbocycles. The second kappa shape index (κ2) is 3.74. The molecule has 0 aromatic rings. The fraction of sp³-hybridized carbons (Fsp3) is 0.286. The highest BCUT2D eigenvalue weighted by molar-refractivity contribution is 7.73. The number of hydrogen-bond acceptors (Lipinski definition) is 2. The molecule has 0 aliphatic heterocycles. The van der Waals surface area contributed by atoms with E-state index < -0.39 is 10.3 Å². The van der Waals surface area contributed by atoms with Crippen molar-refractivity contribution in [3.63, 3.8) is 0 Å². The van der Waals surface area contributed by atoms with Crippen LogP contribution in [0.3, 0.4) is 0 Å². The van der Waals surface area contributed by atoms with Gasteiger partial charge in [-0.1, -0.05) is 12.2 Å². The van der Waals surface area contributed by atoms with Gasteiger partial charge in [-0.25, -0.2) is 0 Å². The maximum atomic E-state index is 10.4. The summed E-state index contributed by atoms with van der Waals surface area (Å²) in [7, 11) is -2.08. The standard InChI is InChI=1S/C7H7ClO2S/c8-5-6-1-3-7(4-2-6)11(9)10/h1-3H,4-5H2. The molecule has 0 N–H and O–H groups in total. The molecule has 0 aromatic carbocycles. The molecule has 1 rings (SSSR count). The van der Waals surface area contributed by atoms with E-state index in [0.29, 0.717) is 17.2 Å². The van der Waals surface area contributed by atoms with Crippen LogP contribution in [0.15, 0.2) is 23.8 Å². The summed E-state index contributed by atoms with van der Waals surface area (Å²) in [4.78, 5) is 0.416. The average molecular weight is 191 g/mol. The van der Waals surface area contributed by atoms with Gasteiger partial charge in [0.05, 0.1) is 4.86 Å². The van der Waals surface area contributed by atoms with Gasteiger partial charge in [-0.2, -0.15) is 8.42 Å². The Labute approximate surface area is 71.7 Å². The minimum atomic E-state index is -2.08. The second-order valence-electron chi connectivity index (χ2n) is 2.15. The quantitative estimate of drug-likeness (QED) is 0.460. The number of halogens is 1. The maximum Gasteiger partial charge on any atom is 0.217 e. The molecule has 0 amide bonds. The summed E-state index contributed by atoms with van der Waals surface area (Å²) in [5.41, 5.74) is 0.973. The van der Waals surface area contributed by atoms with Crippen LogP contribution in [-0.2, 0) is 10.3 Å². The van der Waals surface area contributed by atoms with E-state index in [-0.39, 0.29) is 0 Å². The Morgan fingerprint density at radius 2 is 2.18 bits per heavy atom. The third kappa shape index (κ3) is 2.20. The predicted molar refractivity (Wildman–Crippen MR) is 46.5 cm³/mol. The molecule has 0 saturated heterocycles. The van der Waals surface area contributed by atoms with E-state index in [1.807, 2.05) is 6.08 Å². The number of rotatable bonds is 1. The Kier molecular flexibility index (Phi) is 2.91. The Bertz CT molecular complexity index is 327. The maximum absolute atomic E-state index is 10.4. The fourth-order valence-electron chi connectivity index (χ4n) is 0.790. The number of hydrogen-bond donors (Lipinski definition) is 0. The van der Waals surface area contributed by atoms with Crippen LogP contribution < -0.4 is 0 Å². The van der Waals surface area contributed by atoms with Crippen LogP contribution in [0.2, 0.25) is 0 Å². The molecule has 0 atom stereocenters. The Hall–Kier alpha value is -0.540. The minimum Gasteiger partial charge on any atom is -0.184 e. The summed E-state index contributed by atoms with van der Waals surface area (Å²) in [6.07, 6.45) is 5.59. The van der Waals surface area contributed by atoms with Crippen molar-refractivity contribution in [3.8, 4) is 0 Å². The van der Waals surface area contributed by atoms with E-state index in [0.717, 1.165) is 5.57 Å². The molecule has 2 nitrogen and oxygen atoms in total. The predicted octanol–water partition coefficient (Wildman–Crippen LogP) is 1.16. The molecular weight excluding hydrogens is 184 g/mol. The SMILES string of the molecule is O=S(=O)=C1C=CC(CCl)=CC1. The monoisotopic (exact) mass is 190 g/mol. The number of alkyl halides is 1. The number of allylic oxidation sites excluding steroid dienone is 4. The normalized spacial score (nSPS) is 16.5. The second-order valence-corrected chi connectivity index (χ2v) is 3.41. The van der Waals surface area contributed by atoms with Crippen LogP contribution in [0, 0.1) is 0 Å². The van der Waals surface area contributed by atoms with Gasteiger partial charge in [0, 0.05) is 12.3 Å². The highest BCUT2D eigenvalue weighted by Gasteiger charge is 2.01. The van der Waals surface area contributed by atoms with Crippen LogP contribution in [0.5, 0.6) is 0 Å². The first kappa shape index (κ1) is 8.56. The van der Waals surface area contributed by atoms with Gasteiger partial charge in [-0.3, -0.25) is 0 Å². The van der Waals surface area contributed by atoms with Crippen molar-refractivity contribution in [3.05, 3.63) is 23.8 Å². The molecule has 60 valence electrons. The molecule has 0 saturated carbocycles. The van der Waals surface area contributed by atoms with Gasteiger partial charge < -0.3 is 0 Å². The zero-order valence-electron chi connectivity index (χ0n) is 5.75. The summed E-state index contributed by atoms with van der Waals surface area (Å²) in [6, 6.07) is 0. The molecule has 4 heteroatoms. The Morgan fingerprint density at radius 1 is 1.45 bits per heavy atom. The first-order valence-electron chi connectivity index (χ1n) is 3.12. The minimum absolute atomic E-state index is 0.416. The Balaban J connectivity index is 2.89. The lowest BCUT2D eigenvalue weighted by Gasteiger charge is -2.01. The van der Waals surface area contributed by atoms with Crippen molar-refractivity contribution < 1.29 is 8.42 Å². The van der Waals surface area contributed by atoms with Crippen LogP contribution in [0.4, 0.5) is 0 Å². The zero-order chi connectivity index (χ0) is 8.27. The van der Waals surface area contributed by atoms with Crippen LogP contribution >= 0.6 is 11.6 Å². The van der Waals surface area contributed by atoms with Crippen LogP contribution in [-0.4, -0.2) is 19.2 Å². The molecule has 11 heavy (non-hydrogen) atoms. The van der Waals surface area contributed by atoms with Gasteiger partial charge >= 0.3 is 0 Å². The Morgan fingerprint density at radius 3 is 2.55 bits per heavy atom. The van der Waals surface area contributed by atoms with Crippen molar-refractivity contribution in [2.45, 2.75) is 6.42 Å². The van der Waals surface area contributed by atoms with Crippen LogP contribution in [0.1, 0.15) is 6.42 Å². The third-order valence-electron chi connectivity index (χ3n) is 1.42. The van der Waals surface area contributed by atoms with E-state index in [4.69, 9.17) is 11.6 Å². The molecule has 1 aliphatic rings. The lowest BCUT2D eigenvalue weighted by atomic mass is 10.1. The topological polar surface area (TPSA) is 34.1 Å². The van der Waals surface area contributed by atoms with E-state index in [1.54, 1.807) is 12.2 Å². The average Bonchev–Trinajstić information content (AvgIpc) is 2.05. The lowest BCUT2D eigenvalue weighted by molar-refractivity contribution is 0.627. The van der Waals surface area contributed by atoms with Gasteiger partial charge in [0.1, 0.15) is 0 Å². The van der Waals surface area contributed by atoms with Crippen molar-refractivity contribution in [1.29, 1.82) is 0 Å². The summed E-state index contributed by atoms with van der Waals surface area (Å²) < 4.78 is 20.8. The van der Waals surface area contributed by atoms with Crippen molar-refractivity contribution in [2.24, 2.45) is 0 Å². The summed E-state index contributed by atoms with van der Waals surface area (Å²) in [6.45, 7) is 0. The van der Waals surface area contributed by atoms with Gasteiger partial charge in [0.2, 0.25) is 10.3 Å². The largest absolute Gasteiger partial charge is 0.217 e. The molecule has 0 radical (unpaired) electrons. The lowest BCUT2D eigenvalue weighted by Crippen LogP contribution is -1.99. The first-order chi connectivity index (χ1) is 5.24. The van der Waals surface area contributed by atoms with Gasteiger partial charge in [0.15, 0.2) is 0 Å². The van der Waals surface area contributed by atoms with Gasteiger partial charge in [0.25, 0.3) is 0 Å². The molecule has 0 aromatic heterocycles. The molecule has 0 fully saturated rings.